The highest BCUT2D eigenvalue weighted by atomic mass is 16.7. The number of benzene rings is 2. The van der Waals surface area contributed by atoms with E-state index in [1.807, 2.05) is 42.5 Å². The van der Waals surface area contributed by atoms with E-state index in [4.69, 9.17) is 52.2 Å². The van der Waals surface area contributed by atoms with Crippen LogP contribution < -0.4 is 21.4 Å². The molecule has 4 amide bonds. The summed E-state index contributed by atoms with van der Waals surface area (Å²) in [6.07, 6.45) is 3.86. The molecule has 0 aromatic heterocycles. The highest BCUT2D eigenvalue weighted by molar-refractivity contribution is 5.88. The van der Waals surface area contributed by atoms with Gasteiger partial charge < -0.3 is 68.2 Å². The number of hydrogen-bond donors (Lipinski definition) is 4. The Labute approximate surface area is 394 Å². The molecule has 0 heterocycles. The number of methoxy groups -OCH3 is 2. The molecule has 2 rings (SSSR count). The Bertz CT molecular complexity index is 1570. The van der Waals surface area contributed by atoms with E-state index >= 15 is 0 Å². The van der Waals surface area contributed by atoms with Crippen LogP contribution in [0.2, 0.25) is 0 Å². The van der Waals surface area contributed by atoms with Gasteiger partial charge in [-0.2, -0.15) is 5.48 Å². The van der Waals surface area contributed by atoms with Crippen LogP contribution in [0.25, 0.3) is 0 Å². The number of hydroxylamine groups is 1. The average molecular weight is 951 g/mol. The van der Waals surface area contributed by atoms with Crippen molar-refractivity contribution in [2.75, 3.05) is 146 Å². The Balaban J connectivity index is 1.68. The number of amides is 4. The van der Waals surface area contributed by atoms with Gasteiger partial charge in [0.25, 0.3) is 5.91 Å². The fraction of sp³-hybridized carbons (Fsp3) is 0.638. The highest BCUT2D eigenvalue weighted by Gasteiger charge is 2.21. The van der Waals surface area contributed by atoms with Crippen LogP contribution >= 0.6 is 0 Å². The molecule has 378 valence electrons. The van der Waals surface area contributed by atoms with E-state index in [9.17, 15) is 24.0 Å². The predicted octanol–water partition coefficient (Wildman–Crippen LogP) is 1.29. The second-order valence-corrected chi connectivity index (χ2v) is 14.8. The molecule has 0 aliphatic heterocycles. The number of unbranched alkanes of at least 4 members (excludes halogenated alkanes) is 1. The van der Waals surface area contributed by atoms with Crippen molar-refractivity contribution >= 4 is 29.6 Å². The molecule has 0 spiro atoms. The maximum absolute atomic E-state index is 13.2. The molecular formula is C47H74N4O16. The molecule has 0 saturated carbocycles. The lowest BCUT2D eigenvalue weighted by Crippen LogP contribution is -2.49. The average Bonchev–Trinajstić information content (AvgIpc) is 3.33. The zero-order valence-electron chi connectivity index (χ0n) is 39.4. The molecule has 0 fully saturated rings. The van der Waals surface area contributed by atoms with Gasteiger partial charge in [-0.3, -0.25) is 19.2 Å². The van der Waals surface area contributed by atoms with Gasteiger partial charge >= 0.3 is 5.97 Å². The van der Waals surface area contributed by atoms with Gasteiger partial charge in [-0.15, -0.1) is 0 Å². The number of nitrogens with one attached hydrogen (secondary N) is 4. The largest absolute Gasteiger partial charge is 0.382 e. The normalized spacial score (nSPS) is 11.5. The van der Waals surface area contributed by atoms with E-state index in [1.165, 1.54) is 11.1 Å². The smallest absolute Gasteiger partial charge is 0.334 e. The first-order valence-electron chi connectivity index (χ1n) is 22.8. The number of carbonyl (C=O) groups excluding carboxylic acids is 5. The number of ether oxygens (including phenoxy) is 10. The molecule has 0 saturated heterocycles. The first-order valence-corrected chi connectivity index (χ1v) is 22.8. The quantitative estimate of drug-likeness (QED) is 0.0542. The molecular weight excluding hydrogens is 877 g/mol. The zero-order valence-corrected chi connectivity index (χ0v) is 39.4. The Morgan fingerprint density at radius 1 is 0.478 bits per heavy atom. The maximum atomic E-state index is 13.2. The molecule has 4 N–H and O–H groups in total. The fourth-order valence-electron chi connectivity index (χ4n) is 5.77. The molecule has 2 aromatic rings. The van der Waals surface area contributed by atoms with Gasteiger partial charge in [0, 0.05) is 27.3 Å². The van der Waals surface area contributed by atoms with E-state index in [0.717, 1.165) is 31.2 Å². The third kappa shape index (κ3) is 34.4. The van der Waals surface area contributed by atoms with Crippen molar-refractivity contribution in [3.63, 3.8) is 0 Å². The molecule has 0 radical (unpaired) electrons. The molecule has 1 atom stereocenters. The van der Waals surface area contributed by atoms with Gasteiger partial charge in [-0.05, 0) is 48.8 Å². The van der Waals surface area contributed by atoms with Gasteiger partial charge in [0.2, 0.25) is 17.7 Å². The predicted molar refractivity (Wildman–Crippen MR) is 245 cm³/mol. The first-order chi connectivity index (χ1) is 32.8. The van der Waals surface area contributed by atoms with Crippen LogP contribution in [0.5, 0.6) is 0 Å². The van der Waals surface area contributed by atoms with Gasteiger partial charge in [0.1, 0.15) is 19.3 Å². The van der Waals surface area contributed by atoms with Crippen molar-refractivity contribution in [1.82, 2.24) is 21.4 Å². The minimum absolute atomic E-state index is 0.0123. The van der Waals surface area contributed by atoms with E-state index in [-0.39, 0.29) is 72.0 Å². The van der Waals surface area contributed by atoms with Crippen LogP contribution in [0.1, 0.15) is 42.4 Å². The molecule has 0 unspecified atom stereocenters. The summed E-state index contributed by atoms with van der Waals surface area (Å²) in [7, 11) is 3.21. The topological polar surface area (TPSA) is 235 Å². The molecule has 0 aliphatic carbocycles. The van der Waals surface area contributed by atoms with E-state index in [1.54, 1.807) is 14.2 Å². The lowest BCUT2D eigenvalue weighted by Gasteiger charge is -2.19. The minimum atomic E-state index is -1.09. The number of hydrogen-bond acceptors (Lipinski definition) is 16. The van der Waals surface area contributed by atoms with Crippen molar-refractivity contribution < 1.29 is 76.2 Å². The summed E-state index contributed by atoms with van der Waals surface area (Å²) in [5, 5.41) is 7.85. The van der Waals surface area contributed by atoms with Crippen molar-refractivity contribution in [3.05, 3.63) is 71.3 Å². The fourth-order valence-corrected chi connectivity index (χ4v) is 5.77. The Morgan fingerprint density at radius 2 is 0.925 bits per heavy atom. The van der Waals surface area contributed by atoms with Gasteiger partial charge in [0.15, 0.2) is 0 Å². The summed E-state index contributed by atoms with van der Waals surface area (Å²) in [6.45, 7) is 5.28. The second kappa shape index (κ2) is 41.6. The lowest BCUT2D eigenvalue weighted by molar-refractivity contribution is -0.158. The Hall–Kier alpha value is -4.61. The van der Waals surface area contributed by atoms with Crippen molar-refractivity contribution in [2.24, 2.45) is 0 Å². The first kappa shape index (κ1) is 58.5. The van der Waals surface area contributed by atoms with Crippen molar-refractivity contribution in [2.45, 2.75) is 51.0 Å². The van der Waals surface area contributed by atoms with Crippen LogP contribution in [-0.4, -0.2) is 182 Å². The van der Waals surface area contributed by atoms with Crippen molar-refractivity contribution in [1.29, 1.82) is 0 Å². The minimum Gasteiger partial charge on any atom is -0.382 e. The standard InChI is InChI=1S/C47H74N4O16/c1-57-20-22-59-24-26-61-28-30-63-32-34-65-37-44(53)48-18-16-42(50-45(54)38-66-35-33-64-31-29-62-27-25-60-23-21-58-2)47(56)49-19-17-46(55)67-51-43(52)36-41-14-12-40(13-15-41)11-7-6-10-39-8-4-3-5-9-39/h3-5,8-9,12-15,42H,6-7,10-11,16-38H2,1-2H3,(H,48,53)(H,49,56)(H,50,54)(H,51,52)/t42-/m0/s1. The molecule has 67 heavy (non-hydrogen) atoms. The molecule has 2 aromatic carbocycles. The third-order valence-corrected chi connectivity index (χ3v) is 9.29. The van der Waals surface area contributed by atoms with Crippen LogP contribution in [0.4, 0.5) is 0 Å². The molecule has 0 bridgehead atoms. The summed E-state index contributed by atoms with van der Waals surface area (Å²) in [5.74, 6) is -2.91. The van der Waals surface area contributed by atoms with Crippen LogP contribution in [-0.2, 0) is 95.4 Å². The molecule has 20 heteroatoms. The van der Waals surface area contributed by atoms with Gasteiger partial charge in [0.05, 0.1) is 119 Å². The zero-order chi connectivity index (χ0) is 48.3. The second-order valence-electron chi connectivity index (χ2n) is 14.8. The number of aryl methyl sites for hydroxylation is 2. The Kier molecular flexibility index (Phi) is 36.3. The van der Waals surface area contributed by atoms with Crippen molar-refractivity contribution in [3.8, 4) is 0 Å². The van der Waals surface area contributed by atoms with E-state index < -0.39 is 35.6 Å². The third-order valence-electron chi connectivity index (χ3n) is 9.29. The van der Waals surface area contributed by atoms with Crippen LogP contribution in [0.3, 0.4) is 0 Å². The van der Waals surface area contributed by atoms with Gasteiger partial charge in [-0.1, -0.05) is 54.6 Å². The highest BCUT2D eigenvalue weighted by Crippen LogP contribution is 2.11. The van der Waals surface area contributed by atoms with E-state index in [2.05, 4.69) is 33.6 Å². The van der Waals surface area contributed by atoms with Crippen LogP contribution in [0, 0.1) is 0 Å². The van der Waals surface area contributed by atoms with E-state index in [0.29, 0.717) is 79.3 Å². The summed E-state index contributed by atoms with van der Waals surface area (Å²) in [4.78, 5) is 68.1. The number of rotatable bonds is 43. The van der Waals surface area contributed by atoms with Crippen LogP contribution in [0.15, 0.2) is 54.6 Å². The summed E-state index contributed by atoms with van der Waals surface area (Å²) in [5.41, 5.74) is 5.43. The number of carbonyl (C=O) groups is 5. The molecule has 0 aliphatic rings. The monoisotopic (exact) mass is 951 g/mol. The summed E-state index contributed by atoms with van der Waals surface area (Å²) in [6, 6.07) is 17.0. The lowest BCUT2D eigenvalue weighted by atomic mass is 10.0. The summed E-state index contributed by atoms with van der Waals surface area (Å²) < 4.78 is 52.9. The maximum Gasteiger partial charge on any atom is 0.334 e. The summed E-state index contributed by atoms with van der Waals surface area (Å²) >= 11 is 0. The van der Waals surface area contributed by atoms with Gasteiger partial charge in [-0.25, -0.2) is 4.79 Å². The SMILES string of the molecule is COCCOCCOCCOCCOCC(=O)NCC[C@H](NC(=O)COCCOCCOCCOCCOC)C(=O)NCCC(=O)ONC(=O)Cc1ccc(CCCCc2ccccc2)cc1. The molecule has 20 nitrogen and oxygen atoms in total. The Morgan fingerprint density at radius 3 is 1.43 bits per heavy atom.